The molecule has 1 atom stereocenters. The number of furan rings is 1. The second kappa shape index (κ2) is 9.87. The molecule has 1 aliphatic heterocycles. The molecule has 1 amide bonds. The van der Waals surface area contributed by atoms with E-state index < -0.39 is 0 Å². The van der Waals surface area contributed by atoms with Crippen LogP contribution in [0.15, 0.2) is 68.9 Å². The Labute approximate surface area is 207 Å². The number of fused-ring (bicyclic) bond motifs is 1. The quantitative estimate of drug-likeness (QED) is 0.337. The molecule has 3 heterocycles. The Balaban J connectivity index is 1.40. The van der Waals surface area contributed by atoms with Crippen LogP contribution in [0.5, 0.6) is 11.5 Å². The lowest BCUT2D eigenvalue weighted by atomic mass is 9.87. The van der Waals surface area contributed by atoms with Gasteiger partial charge in [0.15, 0.2) is 11.5 Å². The number of benzene rings is 2. The van der Waals surface area contributed by atoms with Gasteiger partial charge in [-0.15, -0.1) is 10.2 Å². The van der Waals surface area contributed by atoms with E-state index >= 15 is 0 Å². The summed E-state index contributed by atoms with van der Waals surface area (Å²) in [6, 6.07) is 15.6. The number of amides is 1. The summed E-state index contributed by atoms with van der Waals surface area (Å²) in [5.74, 6) is 2.57. The van der Waals surface area contributed by atoms with Gasteiger partial charge in [-0.3, -0.25) is 4.79 Å². The number of nitrogens with zero attached hydrogens (tertiary/aromatic N) is 3. The Morgan fingerprint density at radius 2 is 1.89 bits per heavy atom. The second-order valence-electron chi connectivity index (χ2n) is 8.11. The van der Waals surface area contributed by atoms with Crippen LogP contribution in [-0.4, -0.2) is 47.5 Å². The van der Waals surface area contributed by atoms with Gasteiger partial charge in [0.1, 0.15) is 5.76 Å². The maximum absolute atomic E-state index is 13.5. The summed E-state index contributed by atoms with van der Waals surface area (Å²) < 4.78 is 22.1. The zero-order valence-corrected chi connectivity index (χ0v) is 20.5. The summed E-state index contributed by atoms with van der Waals surface area (Å²) in [7, 11) is 3.25. The molecule has 0 fully saturated rings. The van der Waals surface area contributed by atoms with Crippen molar-refractivity contribution in [3.8, 4) is 23.0 Å². The fourth-order valence-corrected chi connectivity index (χ4v) is 5.05. The van der Waals surface area contributed by atoms with E-state index in [0.29, 0.717) is 34.9 Å². The maximum Gasteiger partial charge on any atom is 0.277 e. The first kappa shape index (κ1) is 23.0. The van der Waals surface area contributed by atoms with Gasteiger partial charge in [-0.2, -0.15) is 0 Å². The van der Waals surface area contributed by atoms with E-state index in [0.717, 1.165) is 28.7 Å². The number of ether oxygens (including phenoxy) is 2. The Morgan fingerprint density at radius 1 is 1.11 bits per heavy atom. The van der Waals surface area contributed by atoms with E-state index in [1.165, 1.54) is 11.8 Å². The lowest BCUT2D eigenvalue weighted by Crippen LogP contribution is -2.41. The molecule has 2 aromatic carbocycles. The van der Waals surface area contributed by atoms with E-state index in [2.05, 4.69) is 10.2 Å². The maximum atomic E-state index is 13.5. The summed E-state index contributed by atoms with van der Waals surface area (Å²) in [4.78, 5) is 15.4. The van der Waals surface area contributed by atoms with Gasteiger partial charge >= 0.3 is 0 Å². The molecule has 0 aliphatic carbocycles. The smallest absolute Gasteiger partial charge is 0.277 e. The van der Waals surface area contributed by atoms with Crippen LogP contribution in [0.25, 0.3) is 11.5 Å². The van der Waals surface area contributed by atoms with Crippen molar-refractivity contribution in [2.75, 3.05) is 26.5 Å². The number of methoxy groups -OCH3 is 2. The number of thioether (sulfide) groups is 1. The third-order valence-corrected chi connectivity index (χ3v) is 6.93. The van der Waals surface area contributed by atoms with Crippen molar-refractivity contribution in [2.45, 2.75) is 24.6 Å². The average Bonchev–Trinajstić information content (AvgIpc) is 3.54. The van der Waals surface area contributed by atoms with Crippen molar-refractivity contribution < 1.29 is 23.1 Å². The van der Waals surface area contributed by atoms with Gasteiger partial charge < -0.3 is 23.2 Å². The molecule has 0 N–H and O–H groups in total. The first-order valence-corrected chi connectivity index (χ1v) is 12.2. The van der Waals surface area contributed by atoms with Gasteiger partial charge in [0.05, 0.1) is 37.8 Å². The number of hydrogen-bond acceptors (Lipinski definition) is 8. The van der Waals surface area contributed by atoms with Crippen LogP contribution in [0.2, 0.25) is 0 Å². The third kappa shape index (κ3) is 4.51. The van der Waals surface area contributed by atoms with E-state index in [-0.39, 0.29) is 17.7 Å². The van der Waals surface area contributed by atoms with Gasteiger partial charge in [-0.25, -0.2) is 0 Å². The summed E-state index contributed by atoms with van der Waals surface area (Å²) in [5.41, 5.74) is 3.96. The standard InChI is InChI=1S/C26H25N3O5S/c1-16-19(10-12-33-16)25-27-28-26(34-25)35-15-23(30)29-11-9-18-13-21(31-2)22(32-3)14-20(18)24(29)17-7-5-4-6-8-17/h4-8,10,12-14,24H,9,11,15H2,1-3H3/t24-/m1/s1. The minimum Gasteiger partial charge on any atom is -0.493 e. The van der Waals surface area contributed by atoms with Crippen molar-refractivity contribution >= 4 is 17.7 Å². The van der Waals surface area contributed by atoms with Crippen LogP contribution < -0.4 is 9.47 Å². The van der Waals surface area contributed by atoms with Gasteiger partial charge in [0.2, 0.25) is 5.91 Å². The number of aryl methyl sites for hydroxylation is 1. The molecule has 0 saturated carbocycles. The molecule has 35 heavy (non-hydrogen) atoms. The molecule has 0 spiro atoms. The van der Waals surface area contributed by atoms with Crippen LogP contribution in [-0.2, 0) is 11.2 Å². The Kier molecular flexibility index (Phi) is 6.50. The molecule has 1 aliphatic rings. The predicted molar refractivity (Wildman–Crippen MR) is 131 cm³/mol. The lowest BCUT2D eigenvalue weighted by Gasteiger charge is -2.38. The van der Waals surface area contributed by atoms with Crippen LogP contribution >= 0.6 is 11.8 Å². The van der Waals surface area contributed by atoms with Crippen molar-refractivity contribution in [1.29, 1.82) is 0 Å². The van der Waals surface area contributed by atoms with Crippen molar-refractivity contribution in [2.24, 2.45) is 0 Å². The molecule has 180 valence electrons. The lowest BCUT2D eigenvalue weighted by molar-refractivity contribution is -0.130. The highest BCUT2D eigenvalue weighted by molar-refractivity contribution is 7.99. The largest absolute Gasteiger partial charge is 0.493 e. The van der Waals surface area contributed by atoms with Crippen LogP contribution in [0.4, 0.5) is 0 Å². The molecule has 0 saturated heterocycles. The van der Waals surface area contributed by atoms with Crippen molar-refractivity contribution in [3.05, 3.63) is 77.2 Å². The SMILES string of the molecule is COc1cc2c(cc1OC)[C@@H](c1ccccc1)N(C(=O)CSc1nnc(-c3ccoc3C)o1)CC2. The van der Waals surface area contributed by atoms with Crippen LogP contribution in [0, 0.1) is 6.92 Å². The Morgan fingerprint density at radius 3 is 2.60 bits per heavy atom. The summed E-state index contributed by atoms with van der Waals surface area (Å²) in [6.45, 7) is 2.42. The van der Waals surface area contributed by atoms with Gasteiger partial charge in [0.25, 0.3) is 11.1 Å². The zero-order valence-electron chi connectivity index (χ0n) is 19.7. The highest BCUT2D eigenvalue weighted by Crippen LogP contribution is 2.41. The topological polar surface area (TPSA) is 90.8 Å². The number of aromatic nitrogens is 2. The number of rotatable bonds is 7. The minimum absolute atomic E-state index is 0.0106. The number of carbonyl (C=O) groups is 1. The molecule has 0 radical (unpaired) electrons. The van der Waals surface area contributed by atoms with Gasteiger partial charge in [-0.1, -0.05) is 42.1 Å². The molecule has 9 heteroatoms. The highest BCUT2D eigenvalue weighted by Gasteiger charge is 2.33. The number of carbonyl (C=O) groups excluding carboxylic acids is 1. The molecule has 5 rings (SSSR count). The Hall–Kier alpha value is -3.72. The summed E-state index contributed by atoms with van der Waals surface area (Å²) in [5, 5.41) is 8.52. The molecule has 8 nitrogen and oxygen atoms in total. The molecular formula is C26H25N3O5S. The predicted octanol–water partition coefficient (Wildman–Crippen LogP) is 4.92. The fraction of sp³-hybridized carbons (Fsp3) is 0.269. The Bertz CT molecular complexity index is 1330. The van der Waals surface area contributed by atoms with E-state index in [1.807, 2.05) is 54.3 Å². The van der Waals surface area contributed by atoms with E-state index in [1.54, 1.807) is 26.5 Å². The van der Waals surface area contributed by atoms with E-state index in [4.69, 9.17) is 18.3 Å². The number of hydrogen-bond donors (Lipinski definition) is 0. The van der Waals surface area contributed by atoms with Crippen molar-refractivity contribution in [1.82, 2.24) is 15.1 Å². The average molecular weight is 492 g/mol. The first-order chi connectivity index (χ1) is 17.1. The third-order valence-electron chi connectivity index (χ3n) is 6.12. The van der Waals surface area contributed by atoms with Crippen LogP contribution in [0.3, 0.4) is 0 Å². The van der Waals surface area contributed by atoms with E-state index in [9.17, 15) is 4.79 Å². The van der Waals surface area contributed by atoms with Gasteiger partial charge in [0, 0.05) is 6.54 Å². The summed E-state index contributed by atoms with van der Waals surface area (Å²) in [6.07, 6.45) is 2.30. The molecule has 0 unspecified atom stereocenters. The molecule has 0 bridgehead atoms. The second-order valence-corrected chi connectivity index (χ2v) is 9.04. The fourth-order valence-electron chi connectivity index (χ4n) is 4.40. The zero-order chi connectivity index (χ0) is 24.4. The normalized spacial score (nSPS) is 15.1. The minimum atomic E-state index is -0.236. The van der Waals surface area contributed by atoms with Crippen molar-refractivity contribution in [3.63, 3.8) is 0 Å². The monoisotopic (exact) mass is 491 g/mol. The van der Waals surface area contributed by atoms with Gasteiger partial charge in [-0.05, 0) is 48.2 Å². The first-order valence-electron chi connectivity index (χ1n) is 11.2. The van der Waals surface area contributed by atoms with Crippen LogP contribution in [0.1, 0.15) is 28.5 Å². The highest BCUT2D eigenvalue weighted by atomic mass is 32.2. The molecular weight excluding hydrogens is 466 g/mol. The molecule has 4 aromatic rings. The molecule has 2 aromatic heterocycles. The summed E-state index contributed by atoms with van der Waals surface area (Å²) >= 11 is 1.23.